The Kier molecular flexibility index (Phi) is 4.86. The van der Waals surface area contributed by atoms with E-state index in [1.165, 1.54) is 17.0 Å². The quantitative estimate of drug-likeness (QED) is 0.799. The third-order valence-electron chi connectivity index (χ3n) is 4.61. The summed E-state index contributed by atoms with van der Waals surface area (Å²) in [6, 6.07) is 5.38. The Morgan fingerprint density at radius 3 is 2.60 bits per heavy atom. The molecular formula is C17H19ClF2N2O3. The molecule has 2 saturated heterocycles. The number of carbonyl (C=O) groups excluding carboxylic acids is 2. The van der Waals surface area contributed by atoms with Gasteiger partial charge in [0.1, 0.15) is 5.75 Å². The van der Waals surface area contributed by atoms with Crippen LogP contribution < -0.4 is 4.74 Å². The summed E-state index contributed by atoms with van der Waals surface area (Å²) in [4.78, 5) is 26.9. The monoisotopic (exact) mass is 372 g/mol. The fourth-order valence-corrected chi connectivity index (χ4v) is 3.43. The van der Waals surface area contributed by atoms with Gasteiger partial charge in [-0.3, -0.25) is 9.69 Å². The summed E-state index contributed by atoms with van der Waals surface area (Å²) in [5.41, 5.74) is 0. The van der Waals surface area contributed by atoms with E-state index in [0.29, 0.717) is 18.0 Å². The Bertz CT molecular complexity index is 668. The summed E-state index contributed by atoms with van der Waals surface area (Å²) in [5.74, 6) is -3.13. The van der Waals surface area contributed by atoms with Crippen LogP contribution in [0.1, 0.15) is 19.8 Å². The number of alkyl halides is 2. The number of amides is 2. The molecule has 2 atom stereocenters. The Morgan fingerprint density at radius 1 is 1.32 bits per heavy atom. The van der Waals surface area contributed by atoms with Gasteiger partial charge in [0, 0.05) is 30.5 Å². The molecule has 1 aromatic carbocycles. The van der Waals surface area contributed by atoms with Crippen molar-refractivity contribution in [1.29, 1.82) is 0 Å². The molecule has 2 fully saturated rings. The first-order valence-corrected chi connectivity index (χ1v) is 8.53. The first-order chi connectivity index (χ1) is 11.7. The first-order valence-electron chi connectivity index (χ1n) is 8.16. The molecule has 2 aliphatic heterocycles. The van der Waals surface area contributed by atoms with E-state index in [-0.39, 0.29) is 24.1 Å². The van der Waals surface area contributed by atoms with Gasteiger partial charge in [0.25, 0.3) is 5.92 Å². The van der Waals surface area contributed by atoms with E-state index >= 15 is 0 Å². The van der Waals surface area contributed by atoms with Crippen molar-refractivity contribution in [2.75, 3.05) is 19.6 Å². The number of benzene rings is 1. The summed E-state index contributed by atoms with van der Waals surface area (Å²) in [6.45, 7) is 1.56. The minimum absolute atomic E-state index is 0.0421. The second-order valence-corrected chi connectivity index (χ2v) is 7.07. The number of likely N-dealkylation sites (tertiary alicyclic amines) is 2. The molecule has 5 nitrogen and oxygen atoms in total. The highest BCUT2D eigenvalue weighted by molar-refractivity contribution is 6.30. The van der Waals surface area contributed by atoms with E-state index in [1.54, 1.807) is 19.1 Å². The van der Waals surface area contributed by atoms with Crippen molar-refractivity contribution in [3.8, 4) is 5.75 Å². The third kappa shape index (κ3) is 4.03. The van der Waals surface area contributed by atoms with Crippen molar-refractivity contribution < 1.29 is 23.1 Å². The molecule has 0 radical (unpaired) electrons. The van der Waals surface area contributed by atoms with Gasteiger partial charge in [0.2, 0.25) is 5.91 Å². The van der Waals surface area contributed by atoms with Crippen molar-refractivity contribution in [3.63, 3.8) is 0 Å². The number of hydrogen-bond acceptors (Lipinski definition) is 3. The molecule has 2 unspecified atom stereocenters. The number of piperidine rings is 1. The molecule has 8 heteroatoms. The zero-order valence-corrected chi connectivity index (χ0v) is 14.5. The number of ether oxygens (including phenoxy) is 1. The summed E-state index contributed by atoms with van der Waals surface area (Å²) in [5, 5.41) is 0.478. The van der Waals surface area contributed by atoms with E-state index in [1.807, 2.05) is 0 Å². The number of hydrogen-bond donors (Lipinski definition) is 0. The largest absolute Gasteiger partial charge is 0.415 e. The predicted molar refractivity (Wildman–Crippen MR) is 87.9 cm³/mol. The van der Waals surface area contributed by atoms with Crippen LogP contribution in [0.2, 0.25) is 5.02 Å². The molecule has 0 spiro atoms. The average Bonchev–Trinajstić information content (AvgIpc) is 2.87. The normalized spacial score (nSPS) is 26.0. The van der Waals surface area contributed by atoms with E-state index in [9.17, 15) is 18.4 Å². The Hall–Kier alpha value is -1.89. The van der Waals surface area contributed by atoms with Crippen LogP contribution in [0.15, 0.2) is 24.3 Å². The van der Waals surface area contributed by atoms with Crippen LogP contribution in [-0.2, 0) is 4.79 Å². The van der Waals surface area contributed by atoms with E-state index in [0.717, 1.165) is 4.90 Å². The molecule has 0 bridgehead atoms. The molecular weight excluding hydrogens is 354 g/mol. The van der Waals surface area contributed by atoms with E-state index in [4.69, 9.17) is 16.3 Å². The molecule has 0 saturated carbocycles. The molecule has 0 aliphatic carbocycles. The van der Waals surface area contributed by atoms with Crippen LogP contribution in [-0.4, -0.2) is 53.4 Å². The van der Waals surface area contributed by atoms with Crippen molar-refractivity contribution in [2.24, 2.45) is 5.92 Å². The molecule has 2 aliphatic rings. The maximum Gasteiger partial charge on any atom is 0.415 e. The molecule has 2 amide bonds. The highest BCUT2D eigenvalue weighted by atomic mass is 35.5. The summed E-state index contributed by atoms with van der Waals surface area (Å²) in [6.07, 6.45) is -0.641. The standard InChI is InChI=1S/C17H19ClF2N2O3/c1-11-6-7-22(15(11)23)13-8-17(19,20)10-21(9-13)16(24)25-14-4-2-12(18)3-5-14/h2-5,11,13H,6-10H2,1H3. The average molecular weight is 373 g/mol. The van der Waals surface area contributed by atoms with Crippen LogP contribution in [0, 0.1) is 5.92 Å². The Morgan fingerprint density at radius 2 is 2.00 bits per heavy atom. The maximum atomic E-state index is 14.1. The first kappa shape index (κ1) is 17.9. The number of rotatable bonds is 2. The minimum atomic E-state index is -3.06. The predicted octanol–water partition coefficient (Wildman–Crippen LogP) is 3.42. The summed E-state index contributed by atoms with van der Waals surface area (Å²) < 4.78 is 33.4. The topological polar surface area (TPSA) is 49.9 Å². The van der Waals surface area contributed by atoms with Gasteiger partial charge < -0.3 is 9.64 Å². The Labute approximate surface area is 149 Å². The molecule has 2 heterocycles. The fraction of sp³-hybridized carbons (Fsp3) is 0.529. The van der Waals surface area contributed by atoms with Crippen molar-refractivity contribution in [3.05, 3.63) is 29.3 Å². The van der Waals surface area contributed by atoms with Crippen LogP contribution >= 0.6 is 11.6 Å². The van der Waals surface area contributed by atoms with Crippen LogP contribution in [0.3, 0.4) is 0 Å². The van der Waals surface area contributed by atoms with Gasteiger partial charge in [-0.05, 0) is 30.7 Å². The van der Waals surface area contributed by atoms with Gasteiger partial charge in [-0.15, -0.1) is 0 Å². The zero-order chi connectivity index (χ0) is 18.2. The van der Waals surface area contributed by atoms with Crippen LogP contribution in [0.5, 0.6) is 5.75 Å². The van der Waals surface area contributed by atoms with Gasteiger partial charge in [0.05, 0.1) is 12.6 Å². The second-order valence-electron chi connectivity index (χ2n) is 6.64. The van der Waals surface area contributed by atoms with Gasteiger partial charge in [0.15, 0.2) is 0 Å². The van der Waals surface area contributed by atoms with E-state index < -0.39 is 31.0 Å². The summed E-state index contributed by atoms with van der Waals surface area (Å²) >= 11 is 5.76. The van der Waals surface area contributed by atoms with Crippen molar-refractivity contribution in [2.45, 2.75) is 31.7 Å². The highest BCUT2D eigenvalue weighted by Crippen LogP contribution is 2.33. The number of carbonyl (C=O) groups is 2. The molecule has 3 rings (SSSR count). The van der Waals surface area contributed by atoms with Crippen LogP contribution in [0.4, 0.5) is 13.6 Å². The fourth-order valence-electron chi connectivity index (χ4n) is 3.30. The van der Waals surface area contributed by atoms with Crippen molar-refractivity contribution >= 4 is 23.6 Å². The SMILES string of the molecule is CC1CCN(C2CN(C(=O)Oc3ccc(Cl)cc3)CC(F)(F)C2)C1=O. The van der Waals surface area contributed by atoms with Gasteiger partial charge in [-0.2, -0.15) is 0 Å². The summed E-state index contributed by atoms with van der Waals surface area (Å²) in [7, 11) is 0. The molecule has 1 aromatic rings. The maximum absolute atomic E-state index is 14.1. The van der Waals surface area contributed by atoms with Gasteiger partial charge in [-0.25, -0.2) is 13.6 Å². The molecule has 0 aromatic heterocycles. The smallest absolute Gasteiger partial charge is 0.410 e. The lowest BCUT2D eigenvalue weighted by atomic mass is 10.0. The molecule has 136 valence electrons. The highest BCUT2D eigenvalue weighted by Gasteiger charge is 2.47. The van der Waals surface area contributed by atoms with Crippen molar-refractivity contribution in [1.82, 2.24) is 9.80 Å². The number of halogens is 3. The lowest BCUT2D eigenvalue weighted by molar-refractivity contribution is -0.138. The lowest BCUT2D eigenvalue weighted by Crippen LogP contribution is -2.57. The third-order valence-corrected chi connectivity index (χ3v) is 4.86. The second kappa shape index (κ2) is 6.78. The minimum Gasteiger partial charge on any atom is -0.410 e. The number of nitrogens with zero attached hydrogens (tertiary/aromatic N) is 2. The molecule has 25 heavy (non-hydrogen) atoms. The van der Waals surface area contributed by atoms with Gasteiger partial charge >= 0.3 is 6.09 Å². The van der Waals surface area contributed by atoms with E-state index in [2.05, 4.69) is 0 Å². The lowest BCUT2D eigenvalue weighted by Gasteiger charge is -2.40. The Balaban J connectivity index is 1.71. The van der Waals surface area contributed by atoms with Gasteiger partial charge in [-0.1, -0.05) is 18.5 Å². The zero-order valence-electron chi connectivity index (χ0n) is 13.8. The van der Waals surface area contributed by atoms with Crippen LogP contribution in [0.25, 0.3) is 0 Å². The molecule has 0 N–H and O–H groups in total.